The fourth-order valence-electron chi connectivity index (χ4n) is 1.51. The fourth-order valence-corrected chi connectivity index (χ4v) is 2.29. The van der Waals surface area contributed by atoms with Gasteiger partial charge in [0.15, 0.2) is 0 Å². The van der Waals surface area contributed by atoms with E-state index in [1.54, 1.807) is 7.11 Å². The van der Waals surface area contributed by atoms with E-state index in [4.69, 9.17) is 14.4 Å². The molecule has 1 unspecified atom stereocenters. The highest BCUT2D eigenvalue weighted by molar-refractivity contribution is 7.98. The van der Waals surface area contributed by atoms with Gasteiger partial charge in [0.25, 0.3) is 0 Å². The number of methoxy groups -OCH3 is 1. The minimum Gasteiger partial charge on any atom is -0.497 e. The second kappa shape index (κ2) is 7.28. The molecule has 0 amide bonds. The minimum absolute atomic E-state index is 0.242. The van der Waals surface area contributed by atoms with Crippen LogP contribution in [0.1, 0.15) is 5.89 Å². The molecule has 2 N–H and O–H groups in total. The number of aliphatic hydroxyl groups is 2. The van der Waals surface area contributed by atoms with E-state index >= 15 is 0 Å². The first-order chi connectivity index (χ1) is 9.72. The average molecular weight is 296 g/mol. The highest BCUT2D eigenvalue weighted by Gasteiger charge is 2.10. The molecule has 1 aromatic carbocycles. The van der Waals surface area contributed by atoms with Crippen LogP contribution < -0.4 is 4.74 Å². The van der Waals surface area contributed by atoms with Crippen LogP contribution in [0, 0.1) is 0 Å². The Morgan fingerprint density at radius 1 is 1.35 bits per heavy atom. The topological polar surface area (TPSA) is 88.6 Å². The van der Waals surface area contributed by atoms with Crippen molar-refractivity contribution in [3.05, 3.63) is 30.2 Å². The van der Waals surface area contributed by atoms with Gasteiger partial charge in [-0.25, -0.2) is 0 Å². The maximum atomic E-state index is 9.22. The summed E-state index contributed by atoms with van der Waals surface area (Å²) in [5, 5.41) is 21.8. The monoisotopic (exact) mass is 296 g/mol. The van der Waals surface area contributed by atoms with Crippen LogP contribution in [0.5, 0.6) is 5.75 Å². The van der Waals surface area contributed by atoms with Crippen LogP contribution in [0.15, 0.2) is 28.8 Å². The number of thioether (sulfide) groups is 1. The molecule has 0 spiro atoms. The molecule has 2 aromatic rings. The molecule has 0 radical (unpaired) electrons. The molecule has 0 fully saturated rings. The summed E-state index contributed by atoms with van der Waals surface area (Å²) < 4.78 is 10.2. The normalized spacial score (nSPS) is 12.3. The lowest BCUT2D eigenvalue weighted by molar-refractivity contribution is 0.113. The summed E-state index contributed by atoms with van der Waals surface area (Å²) in [4.78, 5) is 4.28. The maximum Gasteiger partial charge on any atom is 0.236 e. The number of benzene rings is 1. The lowest BCUT2D eigenvalue weighted by Gasteiger charge is -2.03. The quantitative estimate of drug-likeness (QED) is 0.796. The van der Waals surface area contributed by atoms with Crippen molar-refractivity contribution in [3.8, 4) is 17.1 Å². The zero-order chi connectivity index (χ0) is 14.4. The van der Waals surface area contributed by atoms with E-state index in [1.165, 1.54) is 11.8 Å². The molecule has 0 aliphatic rings. The number of ether oxygens (including phenoxy) is 1. The zero-order valence-corrected chi connectivity index (χ0v) is 11.8. The molecule has 2 rings (SSSR count). The van der Waals surface area contributed by atoms with Crippen LogP contribution in [0.2, 0.25) is 0 Å². The largest absolute Gasteiger partial charge is 0.497 e. The van der Waals surface area contributed by atoms with Gasteiger partial charge in [-0.1, -0.05) is 5.16 Å². The van der Waals surface area contributed by atoms with Crippen LogP contribution in [0.3, 0.4) is 0 Å². The SMILES string of the molecule is COc1ccc(-c2noc(CSCC(O)CO)n2)cc1. The van der Waals surface area contributed by atoms with Crippen molar-refractivity contribution in [1.29, 1.82) is 0 Å². The molecule has 1 aromatic heterocycles. The Hall–Kier alpha value is -1.57. The lowest BCUT2D eigenvalue weighted by Crippen LogP contribution is -2.14. The zero-order valence-electron chi connectivity index (χ0n) is 11.0. The minimum atomic E-state index is -0.719. The molecule has 0 saturated carbocycles. The predicted molar refractivity (Wildman–Crippen MR) is 75.5 cm³/mol. The summed E-state index contributed by atoms with van der Waals surface area (Å²) in [6.45, 7) is -0.242. The van der Waals surface area contributed by atoms with Gasteiger partial charge in [0, 0.05) is 11.3 Å². The summed E-state index contributed by atoms with van der Waals surface area (Å²) in [5.41, 5.74) is 0.848. The second-order valence-electron chi connectivity index (χ2n) is 4.09. The third-order valence-corrected chi connectivity index (χ3v) is 3.63. The van der Waals surface area contributed by atoms with Crippen LogP contribution in [0.4, 0.5) is 0 Å². The van der Waals surface area contributed by atoms with E-state index in [2.05, 4.69) is 10.1 Å². The molecule has 1 heterocycles. The molecule has 0 bridgehead atoms. The number of rotatable bonds is 7. The standard InChI is InChI=1S/C13H16N2O4S/c1-18-11-4-2-9(3-5-11)13-14-12(19-15-13)8-20-7-10(17)6-16/h2-5,10,16-17H,6-8H2,1H3. The lowest BCUT2D eigenvalue weighted by atomic mass is 10.2. The van der Waals surface area contributed by atoms with Gasteiger partial charge in [-0.2, -0.15) is 4.98 Å². The van der Waals surface area contributed by atoms with Gasteiger partial charge >= 0.3 is 0 Å². The number of aliphatic hydroxyl groups excluding tert-OH is 2. The van der Waals surface area contributed by atoms with Gasteiger partial charge in [-0.3, -0.25) is 0 Å². The smallest absolute Gasteiger partial charge is 0.236 e. The molecule has 1 atom stereocenters. The van der Waals surface area contributed by atoms with Crippen molar-refractivity contribution in [2.24, 2.45) is 0 Å². The Balaban J connectivity index is 1.94. The van der Waals surface area contributed by atoms with E-state index in [-0.39, 0.29) is 6.61 Å². The van der Waals surface area contributed by atoms with E-state index in [9.17, 15) is 5.11 Å². The van der Waals surface area contributed by atoms with Crippen molar-refractivity contribution in [2.45, 2.75) is 11.9 Å². The van der Waals surface area contributed by atoms with Crippen LogP contribution in [-0.2, 0) is 5.75 Å². The van der Waals surface area contributed by atoms with Gasteiger partial charge in [0.05, 0.1) is 25.6 Å². The number of nitrogens with zero attached hydrogens (tertiary/aromatic N) is 2. The van der Waals surface area contributed by atoms with E-state index in [0.29, 0.717) is 23.2 Å². The van der Waals surface area contributed by atoms with Gasteiger partial charge in [0.2, 0.25) is 11.7 Å². The first kappa shape index (κ1) is 14.8. The highest BCUT2D eigenvalue weighted by atomic mass is 32.2. The highest BCUT2D eigenvalue weighted by Crippen LogP contribution is 2.21. The number of hydrogen-bond donors (Lipinski definition) is 2. The van der Waals surface area contributed by atoms with Crippen LogP contribution in [0.25, 0.3) is 11.4 Å². The first-order valence-corrected chi connectivity index (χ1v) is 7.22. The Kier molecular flexibility index (Phi) is 5.40. The molecule has 6 nitrogen and oxygen atoms in total. The Labute approximate surface area is 120 Å². The van der Waals surface area contributed by atoms with E-state index in [1.807, 2.05) is 24.3 Å². The van der Waals surface area contributed by atoms with Crippen molar-refractivity contribution in [3.63, 3.8) is 0 Å². The van der Waals surface area contributed by atoms with Gasteiger partial charge in [-0.15, -0.1) is 11.8 Å². The Bertz CT molecular complexity index is 529. The molecular formula is C13H16N2O4S. The molecule has 0 saturated heterocycles. The average Bonchev–Trinajstić information content (AvgIpc) is 2.96. The molecular weight excluding hydrogens is 280 g/mol. The Morgan fingerprint density at radius 2 is 2.10 bits per heavy atom. The fraction of sp³-hybridized carbons (Fsp3) is 0.385. The maximum absolute atomic E-state index is 9.22. The molecule has 0 aliphatic heterocycles. The molecule has 7 heteroatoms. The summed E-state index contributed by atoms with van der Waals surface area (Å²) in [6.07, 6.45) is -0.719. The summed E-state index contributed by atoms with van der Waals surface area (Å²) >= 11 is 1.43. The predicted octanol–water partition coefficient (Wildman–Crippen LogP) is 1.33. The van der Waals surface area contributed by atoms with Crippen LogP contribution >= 0.6 is 11.8 Å². The summed E-state index contributed by atoms with van der Waals surface area (Å²) in [6, 6.07) is 7.38. The van der Waals surface area contributed by atoms with E-state index in [0.717, 1.165) is 11.3 Å². The van der Waals surface area contributed by atoms with E-state index < -0.39 is 6.10 Å². The van der Waals surface area contributed by atoms with Crippen molar-refractivity contribution < 1.29 is 19.5 Å². The van der Waals surface area contributed by atoms with Gasteiger partial charge in [-0.05, 0) is 24.3 Å². The molecule has 108 valence electrons. The van der Waals surface area contributed by atoms with Crippen LogP contribution in [-0.4, -0.2) is 45.9 Å². The van der Waals surface area contributed by atoms with Gasteiger partial charge in [0.1, 0.15) is 5.75 Å². The number of hydrogen-bond acceptors (Lipinski definition) is 7. The molecule has 20 heavy (non-hydrogen) atoms. The van der Waals surface area contributed by atoms with Crippen molar-refractivity contribution >= 4 is 11.8 Å². The van der Waals surface area contributed by atoms with Crippen molar-refractivity contribution in [1.82, 2.24) is 10.1 Å². The third-order valence-electron chi connectivity index (χ3n) is 2.56. The van der Waals surface area contributed by atoms with Crippen molar-refractivity contribution in [2.75, 3.05) is 19.5 Å². The van der Waals surface area contributed by atoms with Gasteiger partial charge < -0.3 is 19.5 Å². The molecule has 0 aliphatic carbocycles. The first-order valence-electron chi connectivity index (χ1n) is 6.06. The number of aromatic nitrogens is 2. The summed E-state index contributed by atoms with van der Waals surface area (Å²) in [7, 11) is 1.61. The second-order valence-corrected chi connectivity index (χ2v) is 5.12. The summed E-state index contributed by atoms with van der Waals surface area (Å²) in [5.74, 6) is 2.71. The Morgan fingerprint density at radius 3 is 2.75 bits per heavy atom. The third kappa shape index (κ3) is 3.96.